The Labute approximate surface area is 117 Å². The molecule has 0 aliphatic heterocycles. The maximum Gasteiger partial charge on any atom is 0.270 e. The number of likely N-dealkylation sites (N-methyl/N-ethyl adjacent to an activating group) is 1. The molecule has 0 heterocycles. The van der Waals surface area contributed by atoms with Crippen molar-refractivity contribution in [3.63, 3.8) is 0 Å². The standard InChI is InChI=1S/C14H18N2O4/c1-10(17)13-9-12(16(18)19)5-6-14(13)20-8-7-15(2)11-3-4-11/h5-6,9,11H,3-4,7-8H2,1-2H3. The number of non-ortho nitro benzene ring substituents is 1. The van der Waals surface area contributed by atoms with Gasteiger partial charge in [-0.1, -0.05) is 0 Å². The second-order valence-electron chi connectivity index (χ2n) is 5.05. The number of hydrogen-bond donors (Lipinski definition) is 0. The fraction of sp³-hybridized carbons (Fsp3) is 0.500. The molecular weight excluding hydrogens is 260 g/mol. The van der Waals surface area contributed by atoms with Crippen molar-refractivity contribution >= 4 is 11.5 Å². The third-order valence-corrected chi connectivity index (χ3v) is 3.43. The molecule has 0 bridgehead atoms. The van der Waals surface area contributed by atoms with E-state index in [0.717, 1.165) is 6.54 Å². The zero-order valence-corrected chi connectivity index (χ0v) is 11.7. The Bertz CT molecular complexity index is 526. The Kier molecular flexibility index (Phi) is 4.34. The first-order valence-corrected chi connectivity index (χ1v) is 6.61. The van der Waals surface area contributed by atoms with E-state index in [1.165, 1.54) is 38.0 Å². The van der Waals surface area contributed by atoms with Crippen LogP contribution in [0.3, 0.4) is 0 Å². The number of nitrogens with zero attached hydrogens (tertiary/aromatic N) is 2. The minimum atomic E-state index is -0.517. The molecule has 0 N–H and O–H groups in total. The van der Waals surface area contributed by atoms with Gasteiger partial charge in [0.15, 0.2) is 5.78 Å². The number of ether oxygens (including phenoxy) is 1. The molecule has 1 aliphatic carbocycles. The van der Waals surface area contributed by atoms with Gasteiger partial charge in [0.2, 0.25) is 0 Å². The molecule has 1 fully saturated rings. The van der Waals surface area contributed by atoms with Crippen molar-refractivity contribution in [2.75, 3.05) is 20.2 Å². The Morgan fingerprint density at radius 1 is 1.50 bits per heavy atom. The lowest BCUT2D eigenvalue weighted by molar-refractivity contribution is -0.384. The molecule has 0 radical (unpaired) electrons. The molecular formula is C14H18N2O4. The zero-order valence-electron chi connectivity index (χ0n) is 11.7. The molecule has 0 atom stereocenters. The molecule has 2 rings (SSSR count). The number of nitro groups is 1. The number of Topliss-reactive ketones (excluding diaryl/α,β-unsaturated/α-hetero) is 1. The van der Waals surface area contributed by atoms with E-state index < -0.39 is 4.92 Å². The average Bonchev–Trinajstić information content (AvgIpc) is 3.22. The van der Waals surface area contributed by atoms with Crippen LogP contribution in [0.15, 0.2) is 18.2 Å². The van der Waals surface area contributed by atoms with Crippen LogP contribution in [0.5, 0.6) is 5.75 Å². The fourth-order valence-electron chi connectivity index (χ4n) is 2.03. The van der Waals surface area contributed by atoms with Gasteiger partial charge in [-0.2, -0.15) is 0 Å². The summed E-state index contributed by atoms with van der Waals surface area (Å²) in [6, 6.07) is 4.77. The molecule has 1 aromatic carbocycles. The molecule has 0 aromatic heterocycles. The Morgan fingerprint density at radius 2 is 2.20 bits per heavy atom. The molecule has 1 aliphatic rings. The summed E-state index contributed by atoms with van der Waals surface area (Å²) < 4.78 is 5.60. The maximum absolute atomic E-state index is 11.5. The van der Waals surface area contributed by atoms with Crippen molar-refractivity contribution in [3.05, 3.63) is 33.9 Å². The smallest absolute Gasteiger partial charge is 0.270 e. The topological polar surface area (TPSA) is 72.7 Å². The van der Waals surface area contributed by atoms with Crippen molar-refractivity contribution < 1.29 is 14.5 Å². The van der Waals surface area contributed by atoms with E-state index in [1.54, 1.807) is 0 Å². The van der Waals surface area contributed by atoms with E-state index >= 15 is 0 Å². The highest BCUT2D eigenvalue weighted by atomic mass is 16.6. The summed E-state index contributed by atoms with van der Waals surface area (Å²) >= 11 is 0. The van der Waals surface area contributed by atoms with Gasteiger partial charge in [0.05, 0.1) is 10.5 Å². The van der Waals surface area contributed by atoms with Crippen molar-refractivity contribution in [1.29, 1.82) is 0 Å². The van der Waals surface area contributed by atoms with Crippen LogP contribution in [0.4, 0.5) is 5.69 Å². The Balaban J connectivity index is 2.02. The highest BCUT2D eigenvalue weighted by molar-refractivity contribution is 5.97. The van der Waals surface area contributed by atoms with E-state index in [0.29, 0.717) is 18.4 Å². The highest BCUT2D eigenvalue weighted by Crippen LogP contribution is 2.26. The quantitative estimate of drug-likeness (QED) is 0.434. The minimum absolute atomic E-state index is 0.0994. The van der Waals surface area contributed by atoms with Gasteiger partial charge in [0, 0.05) is 24.7 Å². The third-order valence-electron chi connectivity index (χ3n) is 3.43. The first kappa shape index (κ1) is 14.5. The molecule has 0 unspecified atom stereocenters. The molecule has 0 saturated heterocycles. The van der Waals surface area contributed by atoms with Crippen molar-refractivity contribution in [3.8, 4) is 5.75 Å². The number of hydrogen-bond acceptors (Lipinski definition) is 5. The first-order valence-electron chi connectivity index (χ1n) is 6.61. The summed E-state index contributed by atoms with van der Waals surface area (Å²) in [7, 11) is 2.04. The molecule has 0 spiro atoms. The molecule has 20 heavy (non-hydrogen) atoms. The van der Waals surface area contributed by atoms with Gasteiger partial charge in [-0.15, -0.1) is 0 Å². The molecule has 0 amide bonds. The second-order valence-corrected chi connectivity index (χ2v) is 5.05. The largest absolute Gasteiger partial charge is 0.491 e. The predicted molar refractivity (Wildman–Crippen MR) is 74.2 cm³/mol. The van der Waals surface area contributed by atoms with Gasteiger partial charge >= 0.3 is 0 Å². The summed E-state index contributed by atoms with van der Waals surface area (Å²) in [5.74, 6) is 0.173. The molecule has 6 heteroatoms. The molecule has 1 aromatic rings. The Morgan fingerprint density at radius 3 is 2.75 bits per heavy atom. The van der Waals surface area contributed by atoms with Gasteiger partial charge < -0.3 is 9.64 Å². The molecule has 108 valence electrons. The highest BCUT2D eigenvalue weighted by Gasteiger charge is 2.25. The number of benzene rings is 1. The zero-order chi connectivity index (χ0) is 14.7. The van der Waals surface area contributed by atoms with E-state index in [1.807, 2.05) is 7.05 Å². The number of nitro benzene ring substituents is 1. The van der Waals surface area contributed by atoms with Crippen LogP contribution in [0.1, 0.15) is 30.1 Å². The van der Waals surface area contributed by atoms with E-state index in [9.17, 15) is 14.9 Å². The van der Waals surface area contributed by atoms with Crippen LogP contribution in [0.2, 0.25) is 0 Å². The molecule has 1 saturated carbocycles. The van der Waals surface area contributed by atoms with Gasteiger partial charge in [-0.25, -0.2) is 0 Å². The Hall–Kier alpha value is -1.95. The summed E-state index contributed by atoms with van der Waals surface area (Å²) in [5.41, 5.74) is 0.158. The first-order chi connectivity index (χ1) is 9.49. The van der Waals surface area contributed by atoms with Crippen LogP contribution in [0.25, 0.3) is 0 Å². The maximum atomic E-state index is 11.5. The lowest BCUT2D eigenvalue weighted by Crippen LogP contribution is -2.26. The van der Waals surface area contributed by atoms with Crippen LogP contribution in [-0.4, -0.2) is 41.8 Å². The van der Waals surface area contributed by atoms with Crippen LogP contribution in [0, 0.1) is 10.1 Å². The van der Waals surface area contributed by atoms with E-state index in [4.69, 9.17) is 4.74 Å². The number of ketones is 1. The summed E-state index contributed by atoms with van der Waals surface area (Å²) in [5, 5.41) is 10.7. The normalized spacial score (nSPS) is 14.3. The van der Waals surface area contributed by atoms with Crippen molar-refractivity contribution in [2.24, 2.45) is 0 Å². The minimum Gasteiger partial charge on any atom is -0.491 e. The average molecular weight is 278 g/mol. The number of carbonyl (C=O) groups is 1. The summed E-state index contributed by atoms with van der Waals surface area (Å²) in [6.45, 7) is 2.62. The lowest BCUT2D eigenvalue weighted by Gasteiger charge is -2.16. The SMILES string of the molecule is CC(=O)c1cc([N+](=O)[O-])ccc1OCCN(C)C1CC1. The van der Waals surface area contributed by atoms with E-state index in [2.05, 4.69) is 4.90 Å². The van der Waals surface area contributed by atoms with Gasteiger partial charge in [-0.05, 0) is 32.9 Å². The van der Waals surface area contributed by atoms with Gasteiger partial charge in [0.25, 0.3) is 5.69 Å². The monoisotopic (exact) mass is 278 g/mol. The van der Waals surface area contributed by atoms with Crippen molar-refractivity contribution in [1.82, 2.24) is 4.90 Å². The van der Waals surface area contributed by atoms with Crippen LogP contribution < -0.4 is 4.74 Å². The van der Waals surface area contributed by atoms with Gasteiger partial charge in [0.1, 0.15) is 12.4 Å². The number of carbonyl (C=O) groups excluding carboxylic acids is 1. The van der Waals surface area contributed by atoms with Gasteiger partial charge in [-0.3, -0.25) is 14.9 Å². The van der Waals surface area contributed by atoms with Crippen molar-refractivity contribution in [2.45, 2.75) is 25.8 Å². The summed E-state index contributed by atoms with van der Waals surface area (Å²) in [6.07, 6.45) is 2.46. The molecule has 6 nitrogen and oxygen atoms in total. The fourth-order valence-corrected chi connectivity index (χ4v) is 2.03. The van der Waals surface area contributed by atoms with E-state index in [-0.39, 0.29) is 17.0 Å². The van der Waals surface area contributed by atoms with Crippen LogP contribution >= 0.6 is 0 Å². The third kappa shape index (κ3) is 3.54. The second kappa shape index (κ2) is 6.00. The lowest BCUT2D eigenvalue weighted by atomic mass is 10.1. The number of rotatable bonds is 7. The van der Waals surface area contributed by atoms with Crippen LogP contribution in [-0.2, 0) is 0 Å². The summed E-state index contributed by atoms with van der Waals surface area (Å²) in [4.78, 5) is 24.0. The predicted octanol–water partition coefficient (Wildman–Crippen LogP) is 2.27.